The molecule has 5 aliphatic rings. The molecule has 0 aromatic heterocycles. The fourth-order valence-electron chi connectivity index (χ4n) is 5.93. The molecule has 0 radical (unpaired) electrons. The van der Waals surface area contributed by atoms with Crippen molar-refractivity contribution in [1.82, 2.24) is 0 Å². The minimum atomic E-state index is -4.40. The maximum Gasteiger partial charge on any atom is 0.409 e. The summed E-state index contributed by atoms with van der Waals surface area (Å²) in [6.07, 6.45) is -2.18. The van der Waals surface area contributed by atoms with Crippen molar-refractivity contribution in [2.45, 2.75) is 95.9 Å². The molecule has 0 aromatic rings. The van der Waals surface area contributed by atoms with Crippen LogP contribution >= 0.6 is 0 Å². The zero-order valence-electron chi connectivity index (χ0n) is 20.2. The lowest BCUT2D eigenvalue weighted by Gasteiger charge is -2.59. The van der Waals surface area contributed by atoms with Gasteiger partial charge in [-0.2, -0.15) is 13.2 Å². The summed E-state index contributed by atoms with van der Waals surface area (Å²) >= 11 is 0. The quantitative estimate of drug-likeness (QED) is 0.215. The number of halogens is 3. The summed E-state index contributed by atoms with van der Waals surface area (Å²) in [6, 6.07) is 0. The molecule has 11 heteroatoms. The first-order chi connectivity index (χ1) is 16.4. The van der Waals surface area contributed by atoms with Gasteiger partial charge in [0.05, 0.1) is 19.4 Å². The first kappa shape index (κ1) is 26.4. The van der Waals surface area contributed by atoms with E-state index in [-0.39, 0.29) is 49.7 Å². The van der Waals surface area contributed by atoms with Crippen LogP contribution in [0.1, 0.15) is 65.7 Å². The maximum atomic E-state index is 12.5. The van der Waals surface area contributed by atoms with Crippen molar-refractivity contribution in [1.29, 1.82) is 0 Å². The minimum Gasteiger partial charge on any atom is -0.465 e. The summed E-state index contributed by atoms with van der Waals surface area (Å²) in [5, 5.41) is 0. The lowest BCUT2D eigenvalue weighted by Crippen LogP contribution is -2.70. The van der Waals surface area contributed by atoms with Crippen molar-refractivity contribution in [3.63, 3.8) is 0 Å². The zero-order valence-corrected chi connectivity index (χ0v) is 20.2. The lowest BCUT2D eigenvalue weighted by molar-refractivity contribution is -0.576. The van der Waals surface area contributed by atoms with Crippen LogP contribution in [-0.2, 0) is 38.3 Å². The highest BCUT2D eigenvalue weighted by Crippen LogP contribution is 2.60. The minimum absolute atomic E-state index is 0.00221. The van der Waals surface area contributed by atoms with Gasteiger partial charge in [0.25, 0.3) is 0 Å². The van der Waals surface area contributed by atoms with Crippen LogP contribution in [0.5, 0.6) is 0 Å². The molecule has 1 spiro atoms. The zero-order chi connectivity index (χ0) is 25.4. The molecule has 2 bridgehead atoms. The Balaban J connectivity index is 1.31. The standard InChI is InChI=1S/C24H33F3O8/c1-14-6-7-17-15(2)20(32-21-24(17)16(14)10-12-22(3,33-21)34-35-24)31-19(29)9-8-18(28)30-13-5-4-11-23(25,26)27/h4,11,14-17,20-21H,5-10,12-13H2,1-3H3/b11-4-/t14-,15-,16?,17+,20-,21-,22-,24-/m1/s1. The van der Waals surface area contributed by atoms with Gasteiger partial charge in [-0.3, -0.25) is 9.59 Å². The van der Waals surface area contributed by atoms with Gasteiger partial charge in [0.1, 0.15) is 0 Å². The molecule has 4 heterocycles. The molecule has 0 N–H and O–H groups in total. The van der Waals surface area contributed by atoms with Crippen molar-refractivity contribution in [3.05, 3.63) is 12.2 Å². The molecule has 35 heavy (non-hydrogen) atoms. The van der Waals surface area contributed by atoms with Gasteiger partial charge in [-0.1, -0.05) is 19.9 Å². The number of ether oxygens (including phenoxy) is 4. The number of rotatable bonds is 7. The predicted octanol–water partition coefficient (Wildman–Crippen LogP) is 4.57. The monoisotopic (exact) mass is 506 g/mol. The van der Waals surface area contributed by atoms with E-state index in [1.165, 1.54) is 0 Å². The van der Waals surface area contributed by atoms with E-state index in [0.717, 1.165) is 25.3 Å². The summed E-state index contributed by atoms with van der Waals surface area (Å²) in [7, 11) is 0. The molecule has 1 saturated carbocycles. The average Bonchev–Trinajstić information content (AvgIpc) is 3.01. The number of carbonyl (C=O) groups is 2. The summed E-state index contributed by atoms with van der Waals surface area (Å²) in [5.74, 6) is -1.85. The molecular weight excluding hydrogens is 473 g/mol. The van der Waals surface area contributed by atoms with Crippen LogP contribution in [0.3, 0.4) is 0 Å². The van der Waals surface area contributed by atoms with Crippen LogP contribution in [0.15, 0.2) is 12.2 Å². The molecule has 4 aliphatic heterocycles. The third-order valence-electron chi connectivity index (χ3n) is 7.73. The molecule has 0 amide bonds. The second-order valence-electron chi connectivity index (χ2n) is 10.2. The first-order valence-electron chi connectivity index (χ1n) is 12.2. The lowest BCUT2D eigenvalue weighted by atomic mass is 9.58. The average molecular weight is 507 g/mol. The second-order valence-corrected chi connectivity index (χ2v) is 10.2. The van der Waals surface area contributed by atoms with Gasteiger partial charge in [-0.15, -0.1) is 0 Å². The SMILES string of the molecule is C[C@H]1[C@H](OC(=O)CCC(=O)OCC/C=C\C(F)(F)F)O[C@@H]2O[C@@]3(C)CCC4[C@H](C)CC[C@@H]1[C@]42OO3. The maximum absolute atomic E-state index is 12.5. The Morgan fingerprint density at radius 3 is 2.54 bits per heavy atom. The van der Waals surface area contributed by atoms with Crippen LogP contribution in [0.25, 0.3) is 0 Å². The number of hydrogen-bond donors (Lipinski definition) is 0. The second kappa shape index (κ2) is 9.99. The third kappa shape index (κ3) is 5.52. The molecule has 0 aromatic carbocycles. The molecule has 1 unspecified atom stereocenters. The van der Waals surface area contributed by atoms with Crippen LogP contribution < -0.4 is 0 Å². The Kier molecular flexibility index (Phi) is 7.53. The smallest absolute Gasteiger partial charge is 0.409 e. The topological polar surface area (TPSA) is 89.5 Å². The van der Waals surface area contributed by atoms with Crippen LogP contribution in [0.4, 0.5) is 13.2 Å². The van der Waals surface area contributed by atoms with Gasteiger partial charge in [-0.05, 0) is 44.4 Å². The number of fused-ring (bicyclic) bond motifs is 2. The van der Waals surface area contributed by atoms with Gasteiger partial charge in [0.2, 0.25) is 12.1 Å². The number of esters is 2. The Morgan fingerprint density at radius 1 is 1.06 bits per heavy atom. The van der Waals surface area contributed by atoms with Gasteiger partial charge >= 0.3 is 18.1 Å². The van der Waals surface area contributed by atoms with E-state index in [9.17, 15) is 22.8 Å². The summed E-state index contributed by atoms with van der Waals surface area (Å²) in [6.45, 7) is 5.77. The van der Waals surface area contributed by atoms with Crippen LogP contribution in [-0.4, -0.2) is 48.7 Å². The van der Waals surface area contributed by atoms with E-state index < -0.39 is 42.1 Å². The van der Waals surface area contributed by atoms with E-state index in [1.807, 2.05) is 13.8 Å². The molecule has 5 rings (SSSR count). The highest BCUT2D eigenvalue weighted by atomic mass is 19.4. The third-order valence-corrected chi connectivity index (χ3v) is 7.73. The Morgan fingerprint density at radius 2 is 1.80 bits per heavy atom. The van der Waals surface area contributed by atoms with Crippen molar-refractivity contribution >= 4 is 11.9 Å². The number of alkyl halides is 3. The van der Waals surface area contributed by atoms with Crippen LogP contribution in [0.2, 0.25) is 0 Å². The van der Waals surface area contributed by atoms with E-state index in [1.54, 1.807) is 0 Å². The molecule has 8 atom stereocenters. The van der Waals surface area contributed by atoms with Crippen molar-refractivity contribution in [2.75, 3.05) is 6.61 Å². The van der Waals surface area contributed by atoms with Crippen molar-refractivity contribution in [2.24, 2.45) is 23.7 Å². The normalized spacial score (nSPS) is 40.7. The van der Waals surface area contributed by atoms with Crippen molar-refractivity contribution < 1.29 is 51.5 Å². The largest absolute Gasteiger partial charge is 0.465 e. The molecule has 5 fully saturated rings. The Hall–Kier alpha value is -1.69. The Labute approximate surface area is 202 Å². The fraction of sp³-hybridized carbons (Fsp3) is 0.833. The number of allylic oxidation sites excluding steroid dienone is 1. The van der Waals surface area contributed by atoms with E-state index >= 15 is 0 Å². The predicted molar refractivity (Wildman–Crippen MR) is 113 cm³/mol. The van der Waals surface area contributed by atoms with Crippen LogP contribution in [0, 0.1) is 23.7 Å². The summed E-state index contributed by atoms with van der Waals surface area (Å²) < 4.78 is 59.0. The highest BCUT2D eigenvalue weighted by Gasteiger charge is 2.69. The highest BCUT2D eigenvalue weighted by molar-refractivity contribution is 5.77. The van der Waals surface area contributed by atoms with E-state index in [4.69, 9.17) is 28.7 Å². The van der Waals surface area contributed by atoms with E-state index in [0.29, 0.717) is 12.3 Å². The molecule has 8 nitrogen and oxygen atoms in total. The van der Waals surface area contributed by atoms with Gasteiger partial charge in [0, 0.05) is 24.3 Å². The molecular formula is C24H33F3O8. The molecule has 198 valence electrons. The number of hydrogen-bond acceptors (Lipinski definition) is 8. The van der Waals surface area contributed by atoms with Gasteiger partial charge < -0.3 is 18.9 Å². The molecule has 1 aliphatic carbocycles. The van der Waals surface area contributed by atoms with Gasteiger partial charge in [0.15, 0.2) is 11.9 Å². The summed E-state index contributed by atoms with van der Waals surface area (Å²) in [5.41, 5.74) is -0.764. The fourth-order valence-corrected chi connectivity index (χ4v) is 5.93. The number of carbonyl (C=O) groups excluding carboxylic acids is 2. The van der Waals surface area contributed by atoms with E-state index in [2.05, 4.69) is 6.92 Å². The molecule has 4 saturated heterocycles. The Bertz CT molecular complexity index is 832. The van der Waals surface area contributed by atoms with Crippen molar-refractivity contribution in [3.8, 4) is 0 Å². The summed E-state index contributed by atoms with van der Waals surface area (Å²) in [4.78, 5) is 36.1. The van der Waals surface area contributed by atoms with Gasteiger partial charge in [-0.25, -0.2) is 9.78 Å². The first-order valence-corrected chi connectivity index (χ1v) is 12.2.